The summed E-state index contributed by atoms with van der Waals surface area (Å²) >= 11 is 1.52. The van der Waals surface area contributed by atoms with Crippen LogP contribution in [0.1, 0.15) is 27.7 Å². The van der Waals surface area contributed by atoms with Crippen LogP contribution in [0.3, 0.4) is 0 Å². The fraction of sp³-hybridized carbons (Fsp3) is 0.412. The number of amides is 1. The first-order valence-electron chi connectivity index (χ1n) is 8.29. The van der Waals surface area contributed by atoms with E-state index in [0.717, 1.165) is 37.5 Å². The summed E-state index contributed by atoms with van der Waals surface area (Å²) in [6.45, 7) is 3.37. The average molecular weight is 343 g/mol. The highest BCUT2D eigenvalue weighted by Crippen LogP contribution is 2.24. The topological polar surface area (TPSA) is 60.5 Å². The van der Waals surface area contributed by atoms with Gasteiger partial charge in [0.05, 0.1) is 17.1 Å². The van der Waals surface area contributed by atoms with Crippen LogP contribution >= 0.6 is 11.3 Å². The van der Waals surface area contributed by atoms with Crippen LogP contribution in [0.25, 0.3) is 0 Å². The second-order valence-electron chi connectivity index (χ2n) is 6.18. The Morgan fingerprint density at radius 3 is 2.75 bits per heavy atom. The molecule has 2 saturated heterocycles. The van der Waals surface area contributed by atoms with Crippen molar-refractivity contribution in [1.29, 1.82) is 0 Å². The molecule has 4 rings (SSSR count). The minimum Gasteiger partial charge on any atom is -0.335 e. The number of piperazine rings is 1. The van der Waals surface area contributed by atoms with Crippen LogP contribution in [0.15, 0.2) is 42.0 Å². The lowest BCUT2D eigenvalue weighted by atomic mass is 10.1. The molecule has 24 heavy (non-hydrogen) atoms. The van der Waals surface area contributed by atoms with Crippen molar-refractivity contribution in [2.75, 3.05) is 26.2 Å². The van der Waals surface area contributed by atoms with Gasteiger partial charge in [0.1, 0.15) is 0 Å². The van der Waals surface area contributed by atoms with Gasteiger partial charge in [-0.2, -0.15) is 0 Å². The van der Waals surface area contributed by atoms with Crippen LogP contribution in [-0.2, 0) is 0 Å². The molecule has 2 fully saturated rings. The van der Waals surface area contributed by atoms with Crippen LogP contribution in [-0.4, -0.2) is 53.0 Å². The second kappa shape index (κ2) is 6.98. The fourth-order valence-electron chi connectivity index (χ4n) is 3.37. The predicted molar refractivity (Wildman–Crippen MR) is 93.4 cm³/mol. The van der Waals surface area contributed by atoms with Gasteiger partial charge in [0.2, 0.25) is 0 Å². The van der Waals surface area contributed by atoms with Crippen molar-refractivity contribution in [3.63, 3.8) is 0 Å². The lowest BCUT2D eigenvalue weighted by Gasteiger charge is -2.37. The quantitative estimate of drug-likeness (QED) is 0.884. The molecule has 7 heteroatoms. The molecule has 2 aromatic rings. The van der Waals surface area contributed by atoms with Gasteiger partial charge >= 0.3 is 0 Å². The third-order valence-corrected chi connectivity index (χ3v) is 5.60. The minimum atomic E-state index is 0.162. The number of hydrogen-bond acceptors (Lipinski definition) is 6. The number of pyridine rings is 1. The SMILES string of the molecule is O=C(c1cccs1)N1CCN(C2CC(c3cccnc3)NN2)CC1. The van der Waals surface area contributed by atoms with Crippen molar-refractivity contribution in [2.45, 2.75) is 18.6 Å². The number of nitrogens with one attached hydrogen (secondary N) is 2. The minimum absolute atomic E-state index is 0.162. The Bertz CT molecular complexity index is 670. The molecule has 0 radical (unpaired) electrons. The lowest BCUT2D eigenvalue weighted by Crippen LogP contribution is -2.55. The number of hydrogen-bond donors (Lipinski definition) is 2. The van der Waals surface area contributed by atoms with E-state index in [0.29, 0.717) is 6.17 Å². The average Bonchev–Trinajstić information content (AvgIpc) is 3.34. The van der Waals surface area contributed by atoms with E-state index in [4.69, 9.17) is 0 Å². The Hall–Kier alpha value is -1.80. The first kappa shape index (κ1) is 15.7. The zero-order chi connectivity index (χ0) is 16.4. The summed E-state index contributed by atoms with van der Waals surface area (Å²) in [6.07, 6.45) is 5.02. The summed E-state index contributed by atoms with van der Waals surface area (Å²) in [5.41, 5.74) is 7.97. The first-order chi connectivity index (χ1) is 11.8. The number of carbonyl (C=O) groups is 1. The summed E-state index contributed by atoms with van der Waals surface area (Å²) in [7, 11) is 0. The van der Waals surface area contributed by atoms with E-state index in [1.54, 1.807) is 6.20 Å². The van der Waals surface area contributed by atoms with E-state index < -0.39 is 0 Å². The van der Waals surface area contributed by atoms with E-state index >= 15 is 0 Å². The fourth-order valence-corrected chi connectivity index (χ4v) is 4.06. The number of aromatic nitrogens is 1. The van der Waals surface area contributed by atoms with Gasteiger partial charge in [-0.1, -0.05) is 12.1 Å². The molecule has 2 aliphatic heterocycles. The maximum atomic E-state index is 12.4. The molecular formula is C17H21N5OS. The number of nitrogens with zero attached hydrogens (tertiary/aromatic N) is 3. The molecule has 0 aliphatic carbocycles. The van der Waals surface area contributed by atoms with Crippen molar-refractivity contribution in [2.24, 2.45) is 0 Å². The lowest BCUT2D eigenvalue weighted by molar-refractivity contribution is 0.0549. The summed E-state index contributed by atoms with van der Waals surface area (Å²) in [5.74, 6) is 0.162. The molecule has 0 saturated carbocycles. The zero-order valence-corrected chi connectivity index (χ0v) is 14.2. The number of rotatable bonds is 3. The Kier molecular flexibility index (Phi) is 4.57. The predicted octanol–water partition coefficient (Wildman–Crippen LogP) is 1.47. The molecule has 2 aliphatic rings. The molecule has 0 spiro atoms. The third kappa shape index (κ3) is 3.21. The molecule has 0 aromatic carbocycles. The van der Waals surface area contributed by atoms with Gasteiger partial charge in [0, 0.05) is 38.6 Å². The molecule has 2 N–H and O–H groups in total. The highest BCUT2D eigenvalue weighted by atomic mass is 32.1. The first-order valence-corrected chi connectivity index (χ1v) is 9.17. The number of thiophene rings is 1. The van der Waals surface area contributed by atoms with Gasteiger partial charge in [-0.3, -0.25) is 14.7 Å². The molecule has 0 bridgehead atoms. The number of hydrazine groups is 1. The van der Waals surface area contributed by atoms with Crippen LogP contribution in [0.2, 0.25) is 0 Å². The van der Waals surface area contributed by atoms with Crippen molar-refractivity contribution in [3.8, 4) is 0 Å². The summed E-state index contributed by atoms with van der Waals surface area (Å²) < 4.78 is 0. The van der Waals surface area contributed by atoms with Crippen LogP contribution in [0.5, 0.6) is 0 Å². The van der Waals surface area contributed by atoms with Gasteiger partial charge in [-0.25, -0.2) is 10.9 Å². The maximum absolute atomic E-state index is 12.4. The Balaban J connectivity index is 1.31. The van der Waals surface area contributed by atoms with Gasteiger partial charge in [0.25, 0.3) is 5.91 Å². The monoisotopic (exact) mass is 343 g/mol. The molecule has 2 atom stereocenters. The van der Waals surface area contributed by atoms with Crippen molar-refractivity contribution < 1.29 is 4.79 Å². The number of carbonyl (C=O) groups excluding carboxylic acids is 1. The van der Waals surface area contributed by atoms with Crippen LogP contribution in [0, 0.1) is 0 Å². The van der Waals surface area contributed by atoms with Crippen molar-refractivity contribution >= 4 is 17.2 Å². The van der Waals surface area contributed by atoms with Crippen molar-refractivity contribution in [1.82, 2.24) is 25.6 Å². The van der Waals surface area contributed by atoms with E-state index in [9.17, 15) is 4.79 Å². The molecule has 2 aromatic heterocycles. The van der Waals surface area contributed by atoms with Gasteiger partial charge in [-0.05, 0) is 29.5 Å². The molecule has 1 amide bonds. The Labute approximate surface area is 145 Å². The van der Waals surface area contributed by atoms with E-state index in [1.807, 2.05) is 34.7 Å². The highest BCUT2D eigenvalue weighted by Gasteiger charge is 2.32. The molecule has 6 nitrogen and oxygen atoms in total. The Morgan fingerprint density at radius 2 is 2.04 bits per heavy atom. The normalized spacial score (nSPS) is 25.1. The summed E-state index contributed by atoms with van der Waals surface area (Å²) in [5, 5.41) is 1.95. The second-order valence-corrected chi connectivity index (χ2v) is 7.13. The van der Waals surface area contributed by atoms with Crippen LogP contribution < -0.4 is 10.9 Å². The van der Waals surface area contributed by atoms with Crippen LogP contribution in [0.4, 0.5) is 0 Å². The highest BCUT2D eigenvalue weighted by molar-refractivity contribution is 7.12. The molecular weight excluding hydrogens is 322 g/mol. The van der Waals surface area contributed by atoms with Crippen molar-refractivity contribution in [3.05, 3.63) is 52.5 Å². The molecule has 2 unspecified atom stereocenters. The van der Waals surface area contributed by atoms with E-state index in [2.05, 4.69) is 26.8 Å². The molecule has 4 heterocycles. The third-order valence-electron chi connectivity index (χ3n) is 4.74. The zero-order valence-electron chi connectivity index (χ0n) is 13.4. The van der Waals surface area contributed by atoms with E-state index in [-0.39, 0.29) is 11.9 Å². The standard InChI is InChI=1S/C17H21N5OS/c23-17(15-4-2-10-24-15)22-8-6-21(7-9-22)16-11-14(19-20-16)13-3-1-5-18-12-13/h1-5,10,12,14,16,19-20H,6-9,11H2. The van der Waals surface area contributed by atoms with Gasteiger partial charge in [0.15, 0.2) is 0 Å². The molecule has 126 valence electrons. The van der Waals surface area contributed by atoms with E-state index in [1.165, 1.54) is 16.9 Å². The van der Waals surface area contributed by atoms with Gasteiger partial charge in [-0.15, -0.1) is 11.3 Å². The Morgan fingerprint density at radius 1 is 1.17 bits per heavy atom. The summed E-state index contributed by atoms with van der Waals surface area (Å²) in [4.78, 5) is 21.8. The maximum Gasteiger partial charge on any atom is 0.264 e. The smallest absolute Gasteiger partial charge is 0.264 e. The van der Waals surface area contributed by atoms with Gasteiger partial charge < -0.3 is 4.90 Å². The largest absolute Gasteiger partial charge is 0.335 e. The summed E-state index contributed by atoms with van der Waals surface area (Å²) in [6, 6.07) is 8.20.